The zero-order valence-corrected chi connectivity index (χ0v) is 12.6. The molecule has 1 aliphatic rings. The zero-order valence-electron chi connectivity index (χ0n) is 10.2. The summed E-state index contributed by atoms with van der Waals surface area (Å²) >= 11 is 3.04. The number of nitrogens with one attached hydrogen (secondary N) is 1. The van der Waals surface area contributed by atoms with Crippen LogP contribution in [0.4, 0.5) is 10.1 Å². The maximum atomic E-state index is 13.8. The quantitative estimate of drug-likeness (QED) is 0.810. The summed E-state index contributed by atoms with van der Waals surface area (Å²) in [6.07, 6.45) is 0.333. The van der Waals surface area contributed by atoms with Crippen LogP contribution >= 0.6 is 15.9 Å². The molecule has 0 radical (unpaired) electrons. The molecule has 2 unspecified atom stereocenters. The summed E-state index contributed by atoms with van der Waals surface area (Å²) < 4.78 is 46.1. The largest absolute Gasteiger partial charge is 0.398 e. The first-order valence-electron chi connectivity index (χ1n) is 5.69. The van der Waals surface area contributed by atoms with Crippen molar-refractivity contribution in [3.8, 4) is 0 Å². The molecule has 1 fully saturated rings. The van der Waals surface area contributed by atoms with Crippen molar-refractivity contribution >= 4 is 31.6 Å². The van der Waals surface area contributed by atoms with Gasteiger partial charge in [-0.05, 0) is 41.4 Å². The second kappa shape index (κ2) is 5.35. The van der Waals surface area contributed by atoms with Gasteiger partial charge in [0.15, 0.2) is 0 Å². The van der Waals surface area contributed by atoms with Gasteiger partial charge in [0.05, 0.1) is 12.1 Å². The summed E-state index contributed by atoms with van der Waals surface area (Å²) in [5.74, 6) is -0.847. The standard InChI is InChI=1S/C11H14BrFN2O3S/c1-6-10(2-3-18-6)15-19(16,17)11-5-9(14)7(12)4-8(11)13/h4-6,10,15H,2-3,14H2,1H3. The number of ether oxygens (including phenoxy) is 1. The van der Waals surface area contributed by atoms with E-state index in [0.29, 0.717) is 17.5 Å². The van der Waals surface area contributed by atoms with Gasteiger partial charge in [0.1, 0.15) is 10.7 Å². The molecular formula is C11H14BrFN2O3S. The lowest BCUT2D eigenvalue weighted by Gasteiger charge is -2.17. The van der Waals surface area contributed by atoms with E-state index in [0.717, 1.165) is 12.1 Å². The van der Waals surface area contributed by atoms with Crippen molar-refractivity contribution < 1.29 is 17.5 Å². The topological polar surface area (TPSA) is 81.4 Å². The van der Waals surface area contributed by atoms with Gasteiger partial charge < -0.3 is 10.5 Å². The summed E-state index contributed by atoms with van der Waals surface area (Å²) in [5.41, 5.74) is 5.76. The van der Waals surface area contributed by atoms with Gasteiger partial charge in [-0.3, -0.25) is 0 Å². The van der Waals surface area contributed by atoms with Gasteiger partial charge in [0, 0.05) is 16.8 Å². The molecule has 3 N–H and O–H groups in total. The number of benzene rings is 1. The van der Waals surface area contributed by atoms with Crippen LogP contribution in [0.5, 0.6) is 0 Å². The van der Waals surface area contributed by atoms with E-state index in [1.165, 1.54) is 0 Å². The summed E-state index contributed by atoms with van der Waals surface area (Å²) in [6, 6.07) is 1.79. The monoisotopic (exact) mass is 352 g/mol. The second-order valence-corrected chi connectivity index (χ2v) is 6.93. The highest BCUT2D eigenvalue weighted by atomic mass is 79.9. The molecule has 1 heterocycles. The van der Waals surface area contributed by atoms with Gasteiger partial charge in [-0.25, -0.2) is 17.5 Å². The van der Waals surface area contributed by atoms with Gasteiger partial charge in [-0.15, -0.1) is 0 Å². The van der Waals surface area contributed by atoms with E-state index < -0.39 is 20.7 Å². The summed E-state index contributed by atoms with van der Waals surface area (Å²) in [5, 5.41) is 0. The van der Waals surface area contributed by atoms with Crippen molar-refractivity contribution in [2.75, 3.05) is 12.3 Å². The molecule has 0 spiro atoms. The van der Waals surface area contributed by atoms with Crippen LogP contribution in [0.3, 0.4) is 0 Å². The summed E-state index contributed by atoms with van der Waals surface area (Å²) in [7, 11) is -3.95. The fourth-order valence-electron chi connectivity index (χ4n) is 1.90. The molecule has 8 heteroatoms. The Hall–Kier alpha value is -0.700. The third-order valence-electron chi connectivity index (χ3n) is 3.02. The van der Waals surface area contributed by atoms with Crippen molar-refractivity contribution in [2.24, 2.45) is 0 Å². The maximum absolute atomic E-state index is 13.8. The lowest BCUT2D eigenvalue weighted by molar-refractivity contribution is 0.117. The molecule has 2 rings (SSSR count). The van der Waals surface area contributed by atoms with Gasteiger partial charge in [0.2, 0.25) is 10.0 Å². The first-order chi connectivity index (χ1) is 8.81. The van der Waals surface area contributed by atoms with E-state index in [1.807, 2.05) is 0 Å². The molecule has 5 nitrogen and oxygen atoms in total. The Bertz CT molecular complexity index is 594. The first kappa shape index (κ1) is 14.7. The predicted molar refractivity (Wildman–Crippen MR) is 72.7 cm³/mol. The average Bonchev–Trinajstić information content (AvgIpc) is 2.69. The van der Waals surface area contributed by atoms with E-state index >= 15 is 0 Å². The van der Waals surface area contributed by atoms with Crippen LogP contribution in [0, 0.1) is 5.82 Å². The third-order valence-corrected chi connectivity index (χ3v) is 5.22. The van der Waals surface area contributed by atoms with Crippen molar-refractivity contribution in [3.05, 3.63) is 22.4 Å². The lowest BCUT2D eigenvalue weighted by atomic mass is 10.2. The highest BCUT2D eigenvalue weighted by Gasteiger charge is 2.30. The molecular weight excluding hydrogens is 339 g/mol. The highest BCUT2D eigenvalue weighted by molar-refractivity contribution is 9.10. The Kier molecular flexibility index (Phi) is 4.14. The number of hydrogen-bond donors (Lipinski definition) is 2. The Morgan fingerprint density at radius 2 is 2.21 bits per heavy atom. The van der Waals surface area contributed by atoms with Crippen LogP contribution in [0.2, 0.25) is 0 Å². The molecule has 0 aromatic heterocycles. The van der Waals surface area contributed by atoms with Crippen LogP contribution in [0.1, 0.15) is 13.3 Å². The number of anilines is 1. The Morgan fingerprint density at radius 3 is 2.79 bits per heavy atom. The van der Waals surface area contributed by atoms with Crippen LogP contribution in [0.15, 0.2) is 21.5 Å². The minimum absolute atomic E-state index is 0.164. The normalized spacial score (nSPS) is 23.7. The molecule has 0 aliphatic carbocycles. The van der Waals surface area contributed by atoms with E-state index in [9.17, 15) is 12.8 Å². The molecule has 1 aromatic rings. The Labute approximate surface area is 119 Å². The van der Waals surface area contributed by atoms with Gasteiger partial charge in [0.25, 0.3) is 0 Å². The van der Waals surface area contributed by atoms with E-state index in [-0.39, 0.29) is 17.8 Å². The first-order valence-corrected chi connectivity index (χ1v) is 7.97. The molecule has 0 bridgehead atoms. The molecule has 19 heavy (non-hydrogen) atoms. The lowest BCUT2D eigenvalue weighted by Crippen LogP contribution is -2.39. The fourth-order valence-corrected chi connectivity index (χ4v) is 3.65. The SMILES string of the molecule is CC1OCCC1NS(=O)(=O)c1cc(N)c(Br)cc1F. The minimum Gasteiger partial charge on any atom is -0.398 e. The highest BCUT2D eigenvalue weighted by Crippen LogP contribution is 2.26. The molecule has 0 amide bonds. The summed E-state index contributed by atoms with van der Waals surface area (Å²) in [6.45, 7) is 2.26. The van der Waals surface area contributed by atoms with Crippen LogP contribution in [-0.2, 0) is 14.8 Å². The fraction of sp³-hybridized carbons (Fsp3) is 0.455. The molecule has 1 saturated heterocycles. The van der Waals surface area contributed by atoms with Crippen LogP contribution < -0.4 is 10.5 Å². The van der Waals surface area contributed by atoms with Crippen molar-refractivity contribution in [1.82, 2.24) is 4.72 Å². The molecule has 0 saturated carbocycles. The number of halogens is 2. The molecule has 106 valence electrons. The number of rotatable bonds is 3. The van der Waals surface area contributed by atoms with Crippen molar-refractivity contribution in [1.29, 1.82) is 0 Å². The average molecular weight is 353 g/mol. The smallest absolute Gasteiger partial charge is 0.243 e. The number of hydrogen-bond acceptors (Lipinski definition) is 4. The number of sulfonamides is 1. The predicted octanol–water partition coefficient (Wildman–Crippen LogP) is 1.63. The summed E-state index contributed by atoms with van der Waals surface area (Å²) in [4.78, 5) is -0.452. The van der Waals surface area contributed by atoms with Gasteiger partial charge in [-0.1, -0.05) is 0 Å². The van der Waals surface area contributed by atoms with Gasteiger partial charge in [-0.2, -0.15) is 0 Å². The molecule has 1 aliphatic heterocycles. The zero-order chi connectivity index (χ0) is 14.2. The van der Waals surface area contributed by atoms with Gasteiger partial charge >= 0.3 is 0 Å². The maximum Gasteiger partial charge on any atom is 0.243 e. The van der Waals surface area contributed by atoms with Crippen molar-refractivity contribution in [2.45, 2.75) is 30.4 Å². The van der Waals surface area contributed by atoms with E-state index in [1.54, 1.807) is 6.92 Å². The minimum atomic E-state index is -3.95. The second-order valence-electron chi connectivity index (χ2n) is 4.40. The number of nitrogens with two attached hydrogens (primary N) is 1. The van der Waals surface area contributed by atoms with Crippen LogP contribution in [0.25, 0.3) is 0 Å². The van der Waals surface area contributed by atoms with Crippen molar-refractivity contribution in [3.63, 3.8) is 0 Å². The van der Waals surface area contributed by atoms with E-state index in [4.69, 9.17) is 10.5 Å². The van der Waals surface area contributed by atoms with E-state index in [2.05, 4.69) is 20.7 Å². The third kappa shape index (κ3) is 3.07. The molecule has 1 aromatic carbocycles. The number of nitrogen functional groups attached to an aromatic ring is 1. The Morgan fingerprint density at radius 1 is 1.53 bits per heavy atom. The van der Waals surface area contributed by atoms with Crippen LogP contribution in [-0.4, -0.2) is 27.2 Å². The Balaban J connectivity index is 2.32. The molecule has 2 atom stereocenters.